The lowest BCUT2D eigenvalue weighted by atomic mass is 9.88. The second-order valence-corrected chi connectivity index (χ2v) is 20.2. The van der Waals surface area contributed by atoms with Crippen LogP contribution >= 0.6 is 0 Å². The molecule has 0 fully saturated rings. The number of amidine groups is 4. The lowest BCUT2D eigenvalue weighted by molar-refractivity contribution is 0.202. The Morgan fingerprint density at radius 2 is 0.759 bits per heavy atom. The van der Waals surface area contributed by atoms with Crippen LogP contribution in [-0.4, -0.2) is 114 Å². The summed E-state index contributed by atoms with van der Waals surface area (Å²) in [4.78, 5) is 23.5. The van der Waals surface area contributed by atoms with Crippen LogP contribution in [0.25, 0.3) is 0 Å². The number of aliphatic imine (C=N–C) groups is 4. The summed E-state index contributed by atoms with van der Waals surface area (Å²) in [6, 6.07) is 10.6. The molecule has 16 nitrogen and oxygen atoms in total. The molecule has 16 heteroatoms. The molecule has 6 heterocycles. The van der Waals surface area contributed by atoms with Crippen LogP contribution in [0.5, 0.6) is 0 Å². The van der Waals surface area contributed by atoms with E-state index in [0.717, 1.165) is 22.5 Å². The fraction of sp³-hybridized carbons (Fsp3) is 0.667. The van der Waals surface area contributed by atoms with Crippen molar-refractivity contribution in [1.82, 2.24) is 39.8 Å². The lowest BCUT2D eigenvalue weighted by Gasteiger charge is -2.22. The van der Waals surface area contributed by atoms with Gasteiger partial charge in [0.05, 0.1) is 62.7 Å². The average molecular weight is 799 g/mol. The molecule has 0 N–H and O–H groups in total. The van der Waals surface area contributed by atoms with Crippen LogP contribution < -0.4 is 0 Å². The predicted molar refractivity (Wildman–Crippen MR) is 222 cm³/mol. The molecule has 58 heavy (non-hydrogen) atoms. The Labute approximate surface area is 342 Å². The van der Waals surface area contributed by atoms with Gasteiger partial charge in [0.15, 0.2) is 0 Å². The van der Waals surface area contributed by atoms with Gasteiger partial charge in [-0.3, -0.25) is 0 Å². The first-order chi connectivity index (χ1) is 27.2. The van der Waals surface area contributed by atoms with Crippen LogP contribution in [0.3, 0.4) is 0 Å². The molecule has 7 rings (SSSR count). The molecular formula is C42H62N12O4. The van der Waals surface area contributed by atoms with Crippen LogP contribution in [0.15, 0.2) is 56.6 Å². The number of aromatic nitrogens is 6. The largest absolute Gasteiger partial charge is 0.463 e. The zero-order chi connectivity index (χ0) is 41.6. The van der Waals surface area contributed by atoms with Gasteiger partial charge < -0.3 is 18.9 Å². The number of ether oxygens (including phenoxy) is 4. The van der Waals surface area contributed by atoms with E-state index in [-0.39, 0.29) is 45.8 Å². The third kappa shape index (κ3) is 9.63. The van der Waals surface area contributed by atoms with Crippen molar-refractivity contribution in [3.8, 4) is 0 Å². The third-order valence-electron chi connectivity index (χ3n) is 11.0. The van der Waals surface area contributed by atoms with Gasteiger partial charge in [-0.25, -0.2) is 39.1 Å². The van der Waals surface area contributed by atoms with Crippen LogP contribution in [0.4, 0.5) is 0 Å². The van der Waals surface area contributed by atoms with E-state index in [2.05, 4.69) is 128 Å². The highest BCUT2D eigenvalue weighted by molar-refractivity contribution is 5.95. The molecule has 4 aliphatic heterocycles. The minimum absolute atomic E-state index is 0.0313. The highest BCUT2D eigenvalue weighted by Crippen LogP contribution is 2.32. The first-order valence-corrected chi connectivity index (χ1v) is 20.4. The van der Waals surface area contributed by atoms with Crippen molar-refractivity contribution in [3.05, 3.63) is 59.2 Å². The SMILES string of the molecule is CC(C)(C)[C@H]1COC(N(Cc2cn(Cc3ccc(Cn4cc(CN(C5=N[C@@H](C(C)(C)C)CO5)C5=N[C@@H](C(C)(C)C)CO5)nn4)cc3)nn2)C2=N[C@@H](C(C)(C)C)CO2)=N1. The molecular weight excluding hydrogens is 737 g/mol. The molecule has 0 saturated carbocycles. The van der Waals surface area contributed by atoms with Crippen molar-refractivity contribution >= 4 is 24.1 Å². The Balaban J connectivity index is 0.995. The summed E-state index contributed by atoms with van der Waals surface area (Å²) >= 11 is 0. The highest BCUT2D eigenvalue weighted by Gasteiger charge is 2.40. The van der Waals surface area contributed by atoms with E-state index in [0.29, 0.717) is 76.7 Å². The molecule has 1 aromatic carbocycles. The maximum absolute atomic E-state index is 6.13. The third-order valence-corrected chi connectivity index (χ3v) is 11.0. The van der Waals surface area contributed by atoms with E-state index in [1.54, 1.807) is 0 Å². The molecule has 0 aliphatic carbocycles. The minimum Gasteiger partial charge on any atom is -0.463 e. The Morgan fingerprint density at radius 3 is 1.00 bits per heavy atom. The van der Waals surface area contributed by atoms with E-state index in [9.17, 15) is 0 Å². The average Bonchev–Trinajstić information content (AvgIpc) is 3.98. The minimum atomic E-state index is -0.0347. The van der Waals surface area contributed by atoms with Gasteiger partial charge in [-0.05, 0) is 32.8 Å². The zero-order valence-corrected chi connectivity index (χ0v) is 36.4. The maximum atomic E-state index is 6.13. The smallest absolute Gasteiger partial charge is 0.296 e. The number of hydrogen-bond donors (Lipinski definition) is 0. The zero-order valence-electron chi connectivity index (χ0n) is 36.4. The topological polar surface area (TPSA) is 154 Å². The second kappa shape index (κ2) is 15.6. The van der Waals surface area contributed by atoms with Crippen LogP contribution in [0.2, 0.25) is 0 Å². The van der Waals surface area contributed by atoms with E-state index in [4.69, 9.17) is 38.9 Å². The number of hydrogen-bond acceptors (Lipinski definition) is 14. The van der Waals surface area contributed by atoms with Gasteiger partial charge in [0.1, 0.15) is 37.8 Å². The van der Waals surface area contributed by atoms with E-state index in [1.165, 1.54) is 0 Å². The van der Waals surface area contributed by atoms with Crippen LogP contribution in [0.1, 0.15) is 106 Å². The van der Waals surface area contributed by atoms with Gasteiger partial charge >= 0.3 is 0 Å². The maximum Gasteiger partial charge on any atom is 0.296 e. The van der Waals surface area contributed by atoms with E-state index >= 15 is 0 Å². The fourth-order valence-corrected chi connectivity index (χ4v) is 6.67. The molecule has 4 aliphatic rings. The quantitative estimate of drug-likeness (QED) is 0.274. The van der Waals surface area contributed by atoms with Gasteiger partial charge in [0, 0.05) is 0 Å². The molecule has 0 saturated heterocycles. The standard InChI is InChI=1S/C42H62N12O4/c1-39(2,3)31-23-55-35(43-31)53(36-44-32(24-56-36)40(4,5)6)21-29-19-51(49-47-29)17-27-13-15-28(16-14-27)18-52-20-30(48-50-52)22-54(37-45-33(25-57-37)41(7,8)9)38-46-34(26-58-38)42(10,11)12/h13-16,19-20,31-34H,17-18,21-26H2,1-12H3/t31-,32-,33-,34-/m1/s1. The molecule has 0 amide bonds. The molecule has 2 aromatic heterocycles. The molecule has 4 atom stereocenters. The van der Waals surface area contributed by atoms with Crippen molar-refractivity contribution < 1.29 is 18.9 Å². The van der Waals surface area contributed by atoms with Crippen molar-refractivity contribution in [2.24, 2.45) is 41.6 Å². The fourth-order valence-electron chi connectivity index (χ4n) is 6.67. The van der Waals surface area contributed by atoms with Crippen molar-refractivity contribution in [3.63, 3.8) is 0 Å². The highest BCUT2D eigenvalue weighted by atomic mass is 16.5. The summed E-state index contributed by atoms with van der Waals surface area (Å²) in [6.07, 6.45) is 3.90. The van der Waals surface area contributed by atoms with Crippen LogP contribution in [-0.2, 0) is 45.1 Å². The molecule has 314 valence electrons. The Hall–Kier alpha value is -5.02. The Kier molecular flexibility index (Phi) is 11.1. The summed E-state index contributed by atoms with van der Waals surface area (Å²) in [5.41, 5.74) is 3.57. The summed E-state index contributed by atoms with van der Waals surface area (Å²) in [7, 11) is 0. The molecule has 0 bridgehead atoms. The number of rotatable bonds is 8. The Bertz CT molecular complexity index is 1810. The van der Waals surface area contributed by atoms with E-state index < -0.39 is 0 Å². The van der Waals surface area contributed by atoms with Crippen molar-refractivity contribution in [2.45, 2.75) is 133 Å². The summed E-state index contributed by atoms with van der Waals surface area (Å²) in [5, 5.41) is 17.9. The van der Waals surface area contributed by atoms with Crippen LogP contribution in [0, 0.1) is 21.7 Å². The van der Waals surface area contributed by atoms with Gasteiger partial charge in [0.25, 0.3) is 24.1 Å². The normalized spacial score (nSPS) is 22.4. The Morgan fingerprint density at radius 1 is 0.483 bits per heavy atom. The van der Waals surface area contributed by atoms with Gasteiger partial charge in [0.2, 0.25) is 0 Å². The van der Waals surface area contributed by atoms with Gasteiger partial charge in [-0.1, -0.05) is 118 Å². The lowest BCUT2D eigenvalue weighted by Crippen LogP contribution is -2.37. The summed E-state index contributed by atoms with van der Waals surface area (Å²) in [5.74, 6) is 0. The first-order valence-electron chi connectivity index (χ1n) is 20.4. The molecule has 3 aromatic rings. The molecule has 0 unspecified atom stereocenters. The molecule has 0 spiro atoms. The van der Waals surface area contributed by atoms with Crippen molar-refractivity contribution in [1.29, 1.82) is 0 Å². The molecule has 0 radical (unpaired) electrons. The van der Waals surface area contributed by atoms with E-state index in [1.807, 2.05) is 31.6 Å². The second-order valence-electron chi connectivity index (χ2n) is 20.2. The predicted octanol–water partition coefficient (Wildman–Crippen LogP) is 5.77. The monoisotopic (exact) mass is 799 g/mol. The number of nitrogens with zero attached hydrogens (tertiary/aromatic N) is 12. The summed E-state index contributed by atoms with van der Waals surface area (Å²) < 4.78 is 28.2. The van der Waals surface area contributed by atoms with Crippen molar-refractivity contribution in [2.75, 3.05) is 26.4 Å². The van der Waals surface area contributed by atoms with Gasteiger partial charge in [-0.2, -0.15) is 0 Å². The number of benzene rings is 1. The van der Waals surface area contributed by atoms with Gasteiger partial charge in [-0.15, -0.1) is 10.2 Å². The summed E-state index contributed by atoms with van der Waals surface area (Å²) in [6.45, 7) is 30.0. The first kappa shape index (κ1) is 41.2.